The average Bonchev–Trinajstić information content (AvgIpc) is 2.99. The molecule has 3 aromatic heterocycles. The molecule has 3 aromatic rings. The number of halogens is 1. The molecule has 0 saturated heterocycles. The summed E-state index contributed by atoms with van der Waals surface area (Å²) in [5, 5.41) is 28.6. The van der Waals surface area contributed by atoms with E-state index in [9.17, 15) is 10.5 Å². The van der Waals surface area contributed by atoms with Gasteiger partial charge in [0.1, 0.15) is 23.1 Å². The van der Waals surface area contributed by atoms with Crippen LogP contribution in [0.15, 0.2) is 30.6 Å². The number of hydrogen-bond acceptors (Lipinski definition) is 6. The number of nitriles is 2. The van der Waals surface area contributed by atoms with Gasteiger partial charge in [0.05, 0.1) is 11.1 Å². The third-order valence-corrected chi connectivity index (χ3v) is 3.55. The van der Waals surface area contributed by atoms with Crippen LogP contribution in [-0.4, -0.2) is 20.2 Å². The van der Waals surface area contributed by atoms with Crippen LogP contribution in [-0.2, 0) is 0 Å². The lowest BCUT2D eigenvalue weighted by molar-refractivity contribution is 1.05. The van der Waals surface area contributed by atoms with E-state index < -0.39 is 0 Å². The molecule has 0 aromatic carbocycles. The van der Waals surface area contributed by atoms with Gasteiger partial charge in [0.25, 0.3) is 0 Å². The van der Waals surface area contributed by atoms with E-state index >= 15 is 0 Å². The van der Waals surface area contributed by atoms with Gasteiger partial charge in [-0.25, -0.2) is 4.98 Å². The monoisotopic (exact) mass is 335 g/mol. The molecule has 0 aliphatic heterocycles. The lowest BCUT2D eigenvalue weighted by atomic mass is 9.99. The zero-order valence-electron chi connectivity index (χ0n) is 12.5. The van der Waals surface area contributed by atoms with Gasteiger partial charge in [0.2, 0.25) is 0 Å². The van der Waals surface area contributed by atoms with Crippen LogP contribution in [0.5, 0.6) is 0 Å². The largest absolute Gasteiger partial charge is 0.323 e. The van der Waals surface area contributed by atoms with Crippen LogP contribution in [0, 0.1) is 29.6 Å². The van der Waals surface area contributed by atoms with Crippen molar-refractivity contribution in [3.63, 3.8) is 0 Å². The molecule has 116 valence electrons. The summed E-state index contributed by atoms with van der Waals surface area (Å²) >= 11 is 6.15. The maximum Gasteiger partial charge on any atom is 0.153 e. The van der Waals surface area contributed by atoms with Gasteiger partial charge in [-0.15, -0.1) is 0 Å². The van der Waals surface area contributed by atoms with Crippen molar-refractivity contribution >= 4 is 23.2 Å². The molecular weight excluding hydrogens is 326 g/mol. The zero-order valence-corrected chi connectivity index (χ0v) is 13.3. The highest BCUT2D eigenvalue weighted by atomic mass is 35.5. The Hall–Kier alpha value is -3.42. The number of aromatic amines is 1. The molecule has 3 heterocycles. The Morgan fingerprint density at radius 1 is 1.17 bits per heavy atom. The van der Waals surface area contributed by atoms with Gasteiger partial charge >= 0.3 is 0 Å². The highest BCUT2D eigenvalue weighted by Crippen LogP contribution is 2.32. The fourth-order valence-electron chi connectivity index (χ4n) is 2.23. The molecule has 2 N–H and O–H groups in total. The Labute approximate surface area is 142 Å². The summed E-state index contributed by atoms with van der Waals surface area (Å²) in [6, 6.07) is 9.22. The van der Waals surface area contributed by atoms with Crippen molar-refractivity contribution in [2.24, 2.45) is 0 Å². The van der Waals surface area contributed by atoms with Crippen molar-refractivity contribution in [2.75, 3.05) is 5.32 Å². The summed E-state index contributed by atoms with van der Waals surface area (Å²) in [6.45, 7) is 1.87. The number of nitrogens with zero attached hydrogens (tertiary/aromatic N) is 5. The van der Waals surface area contributed by atoms with Gasteiger partial charge in [-0.3, -0.25) is 10.1 Å². The van der Waals surface area contributed by atoms with Crippen molar-refractivity contribution in [1.29, 1.82) is 10.5 Å². The Morgan fingerprint density at radius 3 is 2.67 bits per heavy atom. The second kappa shape index (κ2) is 6.37. The minimum absolute atomic E-state index is 0.0467. The van der Waals surface area contributed by atoms with Gasteiger partial charge < -0.3 is 5.32 Å². The summed E-state index contributed by atoms with van der Waals surface area (Å²) in [5.74, 6) is 0.989. The molecule has 24 heavy (non-hydrogen) atoms. The molecule has 3 rings (SSSR count). The van der Waals surface area contributed by atoms with Crippen molar-refractivity contribution in [3.8, 4) is 23.3 Å². The van der Waals surface area contributed by atoms with E-state index in [1.807, 2.05) is 13.0 Å². The maximum atomic E-state index is 9.40. The molecule has 0 aliphatic carbocycles. The first-order valence-electron chi connectivity index (χ1n) is 6.86. The van der Waals surface area contributed by atoms with E-state index in [0.717, 1.165) is 5.69 Å². The highest BCUT2D eigenvalue weighted by molar-refractivity contribution is 6.31. The maximum absolute atomic E-state index is 9.40. The zero-order chi connectivity index (χ0) is 17.1. The first-order chi connectivity index (χ1) is 11.6. The molecule has 0 fully saturated rings. The lowest BCUT2D eigenvalue weighted by Gasteiger charge is -2.10. The van der Waals surface area contributed by atoms with Gasteiger partial charge in [-0.2, -0.15) is 15.6 Å². The standard InChI is InChI=1S/C16H10ClN7/c1-9-4-15(24-23-9)21-14-5-12(13(7-19)16(17)22-14)11-2-3-20-8-10(11)6-18/h2-5,8H,1H3,(H2,21,22,23,24). The predicted octanol–water partition coefficient (Wildman–Crippen LogP) is 3.32. The van der Waals surface area contributed by atoms with Gasteiger partial charge in [-0.1, -0.05) is 11.6 Å². The van der Waals surface area contributed by atoms with Crippen LogP contribution >= 0.6 is 11.6 Å². The second-order valence-electron chi connectivity index (χ2n) is 4.93. The quantitative estimate of drug-likeness (QED) is 0.709. The van der Waals surface area contributed by atoms with Crippen LogP contribution < -0.4 is 5.32 Å². The number of hydrogen-bond donors (Lipinski definition) is 2. The lowest BCUT2D eigenvalue weighted by Crippen LogP contribution is -1.99. The molecular formula is C16H10ClN7. The van der Waals surface area contributed by atoms with Crippen LogP contribution in [0.1, 0.15) is 16.8 Å². The number of aryl methyl sites for hydroxylation is 1. The number of rotatable bonds is 3. The normalized spacial score (nSPS) is 10.0. The molecule has 0 radical (unpaired) electrons. The molecule has 0 spiro atoms. The van der Waals surface area contributed by atoms with E-state index in [0.29, 0.717) is 28.3 Å². The summed E-state index contributed by atoms with van der Waals surface area (Å²) in [6.07, 6.45) is 2.99. The average molecular weight is 336 g/mol. The third kappa shape index (κ3) is 2.89. The third-order valence-electron chi connectivity index (χ3n) is 3.28. The number of aromatic nitrogens is 4. The van der Waals surface area contributed by atoms with Crippen LogP contribution in [0.2, 0.25) is 5.15 Å². The summed E-state index contributed by atoms with van der Waals surface area (Å²) in [4.78, 5) is 8.10. The Balaban J connectivity index is 2.14. The van der Waals surface area contributed by atoms with Crippen molar-refractivity contribution in [3.05, 3.63) is 52.6 Å². The first-order valence-corrected chi connectivity index (χ1v) is 7.24. The number of nitrogens with one attached hydrogen (secondary N) is 2. The summed E-state index contributed by atoms with van der Waals surface area (Å²) in [5.41, 5.74) is 2.50. The fourth-order valence-corrected chi connectivity index (χ4v) is 2.46. The molecule has 0 amide bonds. The summed E-state index contributed by atoms with van der Waals surface area (Å²) in [7, 11) is 0. The number of H-pyrrole nitrogens is 1. The van der Waals surface area contributed by atoms with E-state index in [4.69, 9.17) is 11.6 Å². The topological polar surface area (TPSA) is 114 Å². The predicted molar refractivity (Wildman–Crippen MR) is 88.5 cm³/mol. The van der Waals surface area contributed by atoms with Crippen molar-refractivity contribution < 1.29 is 0 Å². The summed E-state index contributed by atoms with van der Waals surface area (Å²) < 4.78 is 0. The molecule has 7 nitrogen and oxygen atoms in total. The minimum atomic E-state index is 0.0467. The minimum Gasteiger partial charge on any atom is -0.323 e. The fraction of sp³-hybridized carbons (Fsp3) is 0.0625. The van der Waals surface area contributed by atoms with Crippen molar-refractivity contribution in [1.82, 2.24) is 20.2 Å². The molecule has 0 saturated carbocycles. The van der Waals surface area contributed by atoms with E-state index in [1.165, 1.54) is 6.20 Å². The van der Waals surface area contributed by atoms with Crippen molar-refractivity contribution in [2.45, 2.75) is 6.92 Å². The molecule has 0 aliphatic rings. The number of anilines is 2. The smallest absolute Gasteiger partial charge is 0.153 e. The Morgan fingerprint density at radius 2 is 2.00 bits per heavy atom. The van der Waals surface area contributed by atoms with E-state index in [1.54, 1.807) is 24.4 Å². The first kappa shape index (κ1) is 15.5. The SMILES string of the molecule is Cc1cc(Nc2cc(-c3ccncc3C#N)c(C#N)c(Cl)n2)n[nH]1. The van der Waals surface area contributed by atoms with Crippen LogP contribution in [0.3, 0.4) is 0 Å². The van der Waals surface area contributed by atoms with Gasteiger partial charge in [-0.05, 0) is 19.1 Å². The van der Waals surface area contributed by atoms with Crippen LogP contribution in [0.25, 0.3) is 11.1 Å². The van der Waals surface area contributed by atoms with E-state index in [-0.39, 0.29) is 10.7 Å². The van der Waals surface area contributed by atoms with Gasteiger partial charge in [0, 0.05) is 35.3 Å². The molecule has 0 bridgehead atoms. The van der Waals surface area contributed by atoms with Crippen LogP contribution in [0.4, 0.5) is 11.6 Å². The molecule has 0 atom stereocenters. The second-order valence-corrected chi connectivity index (χ2v) is 5.28. The Bertz CT molecular complexity index is 994. The Kier molecular flexibility index (Phi) is 4.11. The number of pyridine rings is 2. The van der Waals surface area contributed by atoms with E-state index in [2.05, 4.69) is 31.6 Å². The highest BCUT2D eigenvalue weighted by Gasteiger charge is 2.16. The van der Waals surface area contributed by atoms with Gasteiger partial charge in [0.15, 0.2) is 5.82 Å². The molecule has 0 unspecified atom stereocenters. The molecule has 8 heteroatoms.